The summed E-state index contributed by atoms with van der Waals surface area (Å²) < 4.78 is 0. The van der Waals surface area contributed by atoms with E-state index in [2.05, 4.69) is 19.2 Å². The van der Waals surface area contributed by atoms with Gasteiger partial charge in [0.25, 0.3) is 0 Å². The Morgan fingerprint density at radius 1 is 1.05 bits per heavy atom. The topological polar surface area (TPSA) is 69.6 Å². The minimum absolute atomic E-state index is 0.203. The molecule has 2 atom stereocenters. The summed E-state index contributed by atoms with van der Waals surface area (Å²) in [5, 5.41) is 12.4. The van der Waals surface area contributed by atoms with Crippen LogP contribution in [0.3, 0.4) is 0 Å². The lowest BCUT2D eigenvalue weighted by Gasteiger charge is -2.31. The normalized spacial score (nSPS) is 29.8. The number of carboxylic acids is 1. The molecule has 0 aromatic heterocycles. The summed E-state index contributed by atoms with van der Waals surface area (Å²) in [6.07, 6.45) is 4.96. The van der Waals surface area contributed by atoms with Crippen LogP contribution in [0.1, 0.15) is 52.4 Å². The molecule has 0 spiro atoms. The Balaban J connectivity index is 2.04. The molecule has 20 heavy (non-hydrogen) atoms. The number of carbonyl (C=O) groups excluding carboxylic acids is 1. The molecule has 114 valence electrons. The molecule has 0 aromatic carbocycles. The smallest absolute Gasteiger partial charge is 0.329 e. The predicted octanol–water partition coefficient (Wildman–Crippen LogP) is 2.46. The molecule has 2 N–H and O–H groups in total. The first-order chi connectivity index (χ1) is 9.44. The van der Waals surface area contributed by atoms with Gasteiger partial charge < -0.3 is 15.3 Å². The van der Waals surface area contributed by atoms with Crippen molar-refractivity contribution in [1.82, 2.24) is 10.2 Å². The molecule has 1 saturated heterocycles. The maximum Gasteiger partial charge on any atom is 0.329 e. The van der Waals surface area contributed by atoms with E-state index in [-0.39, 0.29) is 6.03 Å². The van der Waals surface area contributed by atoms with Crippen molar-refractivity contribution >= 4 is 12.0 Å². The van der Waals surface area contributed by atoms with Crippen LogP contribution in [0.4, 0.5) is 4.79 Å². The summed E-state index contributed by atoms with van der Waals surface area (Å²) in [4.78, 5) is 25.8. The fraction of sp³-hybridized carbons (Fsp3) is 0.867. The standard InChI is InChI=1S/C15H26N2O3/c1-11-9-17(10-12(11)2)14(20)16-15(13(18)19)7-5-3-4-6-8-15/h11-12H,3-10H2,1-2H3,(H,16,20)(H,18,19). The molecule has 5 heteroatoms. The third-order valence-electron chi connectivity index (χ3n) is 4.99. The van der Waals surface area contributed by atoms with Crippen LogP contribution in [0.25, 0.3) is 0 Å². The van der Waals surface area contributed by atoms with Gasteiger partial charge in [-0.1, -0.05) is 39.5 Å². The number of urea groups is 1. The Labute approximate surface area is 120 Å². The van der Waals surface area contributed by atoms with Crippen molar-refractivity contribution in [2.45, 2.75) is 57.9 Å². The van der Waals surface area contributed by atoms with Crippen LogP contribution in [-0.4, -0.2) is 40.6 Å². The van der Waals surface area contributed by atoms with E-state index in [1.165, 1.54) is 0 Å². The summed E-state index contributed by atoms with van der Waals surface area (Å²) >= 11 is 0. The van der Waals surface area contributed by atoms with Crippen LogP contribution >= 0.6 is 0 Å². The second kappa shape index (κ2) is 6.02. The number of aliphatic carboxylic acids is 1. The quantitative estimate of drug-likeness (QED) is 0.764. The Kier molecular flexibility index (Phi) is 4.55. The van der Waals surface area contributed by atoms with Gasteiger partial charge in [0.15, 0.2) is 0 Å². The van der Waals surface area contributed by atoms with E-state index >= 15 is 0 Å². The minimum atomic E-state index is -1.05. The van der Waals surface area contributed by atoms with Gasteiger partial charge in [0.1, 0.15) is 5.54 Å². The Bertz CT molecular complexity index is 365. The molecule has 0 bridgehead atoms. The Morgan fingerprint density at radius 3 is 2.00 bits per heavy atom. The van der Waals surface area contributed by atoms with Gasteiger partial charge in [-0.05, 0) is 24.7 Å². The highest BCUT2D eigenvalue weighted by atomic mass is 16.4. The molecule has 5 nitrogen and oxygen atoms in total. The number of likely N-dealkylation sites (tertiary alicyclic amines) is 1. The molecule has 1 heterocycles. The summed E-state index contributed by atoms with van der Waals surface area (Å²) in [6.45, 7) is 5.72. The highest BCUT2D eigenvalue weighted by Gasteiger charge is 2.42. The van der Waals surface area contributed by atoms with Crippen molar-refractivity contribution < 1.29 is 14.7 Å². The first-order valence-electron chi connectivity index (χ1n) is 7.75. The second-order valence-electron chi connectivity index (χ2n) is 6.59. The SMILES string of the molecule is CC1CN(C(=O)NC2(C(=O)O)CCCCCC2)CC1C. The molecule has 0 radical (unpaired) electrons. The van der Waals surface area contributed by atoms with E-state index in [1.807, 2.05) is 0 Å². The zero-order valence-corrected chi connectivity index (χ0v) is 12.5. The van der Waals surface area contributed by atoms with Gasteiger partial charge in [-0.15, -0.1) is 0 Å². The zero-order chi connectivity index (χ0) is 14.8. The van der Waals surface area contributed by atoms with Crippen LogP contribution in [0.2, 0.25) is 0 Å². The van der Waals surface area contributed by atoms with Gasteiger partial charge in [-0.25, -0.2) is 9.59 Å². The first-order valence-corrected chi connectivity index (χ1v) is 7.75. The number of nitrogens with zero attached hydrogens (tertiary/aromatic N) is 1. The van der Waals surface area contributed by atoms with Crippen LogP contribution in [-0.2, 0) is 4.79 Å². The summed E-state index contributed by atoms with van der Waals surface area (Å²) in [7, 11) is 0. The molecule has 2 unspecified atom stereocenters. The van der Waals surface area contributed by atoms with E-state index in [0.717, 1.165) is 38.8 Å². The summed E-state index contributed by atoms with van der Waals surface area (Å²) in [5.41, 5.74) is -1.05. The maximum absolute atomic E-state index is 12.4. The fourth-order valence-corrected chi connectivity index (χ4v) is 3.30. The van der Waals surface area contributed by atoms with E-state index in [9.17, 15) is 14.7 Å². The van der Waals surface area contributed by atoms with Gasteiger partial charge in [-0.2, -0.15) is 0 Å². The Morgan fingerprint density at radius 2 is 1.55 bits per heavy atom. The second-order valence-corrected chi connectivity index (χ2v) is 6.59. The molecule has 1 saturated carbocycles. The van der Waals surface area contributed by atoms with Crippen molar-refractivity contribution in [3.63, 3.8) is 0 Å². The van der Waals surface area contributed by atoms with Gasteiger partial charge in [0.2, 0.25) is 0 Å². The van der Waals surface area contributed by atoms with E-state index < -0.39 is 11.5 Å². The molecule has 2 rings (SSSR count). The highest BCUT2D eigenvalue weighted by Crippen LogP contribution is 2.29. The van der Waals surface area contributed by atoms with Crippen molar-refractivity contribution in [1.29, 1.82) is 0 Å². The number of carbonyl (C=O) groups is 2. The van der Waals surface area contributed by atoms with E-state index in [4.69, 9.17) is 0 Å². The molecule has 2 aliphatic rings. The molecule has 1 aliphatic heterocycles. The largest absolute Gasteiger partial charge is 0.480 e. The number of nitrogens with one attached hydrogen (secondary N) is 1. The van der Waals surface area contributed by atoms with Gasteiger partial charge in [0, 0.05) is 13.1 Å². The molecular weight excluding hydrogens is 256 g/mol. The predicted molar refractivity (Wildman–Crippen MR) is 76.5 cm³/mol. The third kappa shape index (κ3) is 3.07. The van der Waals surface area contributed by atoms with Gasteiger partial charge in [-0.3, -0.25) is 0 Å². The van der Waals surface area contributed by atoms with Crippen LogP contribution in [0.5, 0.6) is 0 Å². The van der Waals surface area contributed by atoms with E-state index in [1.54, 1.807) is 4.90 Å². The van der Waals surface area contributed by atoms with Crippen LogP contribution in [0, 0.1) is 11.8 Å². The molecule has 2 fully saturated rings. The maximum atomic E-state index is 12.4. The number of rotatable bonds is 2. The lowest BCUT2D eigenvalue weighted by Crippen LogP contribution is -2.57. The highest BCUT2D eigenvalue weighted by molar-refractivity contribution is 5.86. The average Bonchev–Trinajstić information content (AvgIpc) is 2.62. The minimum Gasteiger partial charge on any atom is -0.480 e. The van der Waals surface area contributed by atoms with Crippen molar-refractivity contribution in [2.24, 2.45) is 11.8 Å². The Hall–Kier alpha value is -1.26. The van der Waals surface area contributed by atoms with Crippen LogP contribution in [0.15, 0.2) is 0 Å². The summed E-state index contributed by atoms with van der Waals surface area (Å²) in [6, 6.07) is -0.203. The number of hydrogen-bond acceptors (Lipinski definition) is 2. The molecule has 1 aliphatic carbocycles. The lowest BCUT2D eigenvalue weighted by atomic mass is 9.90. The molecule has 0 aromatic rings. The number of amides is 2. The molecular formula is C15H26N2O3. The van der Waals surface area contributed by atoms with E-state index in [0.29, 0.717) is 24.7 Å². The van der Waals surface area contributed by atoms with Gasteiger partial charge >= 0.3 is 12.0 Å². The first kappa shape index (κ1) is 15.1. The lowest BCUT2D eigenvalue weighted by molar-refractivity contribution is -0.145. The van der Waals surface area contributed by atoms with Gasteiger partial charge in [0.05, 0.1) is 0 Å². The van der Waals surface area contributed by atoms with Crippen molar-refractivity contribution in [2.75, 3.05) is 13.1 Å². The van der Waals surface area contributed by atoms with Crippen molar-refractivity contribution in [3.8, 4) is 0 Å². The number of hydrogen-bond donors (Lipinski definition) is 2. The third-order valence-corrected chi connectivity index (χ3v) is 4.99. The summed E-state index contributed by atoms with van der Waals surface area (Å²) in [5.74, 6) is 0.0827. The zero-order valence-electron chi connectivity index (χ0n) is 12.5. The van der Waals surface area contributed by atoms with Crippen molar-refractivity contribution in [3.05, 3.63) is 0 Å². The molecule has 2 amide bonds. The fourth-order valence-electron chi connectivity index (χ4n) is 3.30. The van der Waals surface area contributed by atoms with Crippen LogP contribution < -0.4 is 5.32 Å². The monoisotopic (exact) mass is 282 g/mol. The average molecular weight is 282 g/mol. The number of carboxylic acid groups (broad SMARTS) is 1.